The molecule has 0 amide bonds. The lowest BCUT2D eigenvalue weighted by molar-refractivity contribution is 0.0814. The summed E-state index contributed by atoms with van der Waals surface area (Å²) in [6.45, 7) is 4.09. The normalized spacial score (nSPS) is 20.3. The van der Waals surface area contributed by atoms with Crippen LogP contribution in [-0.2, 0) is 0 Å². The van der Waals surface area contributed by atoms with Crippen molar-refractivity contribution in [3.05, 3.63) is 29.6 Å². The average molecular weight is 351 g/mol. The molecule has 0 bridgehead atoms. The molecule has 2 fully saturated rings. The van der Waals surface area contributed by atoms with Gasteiger partial charge in [-0.3, -0.25) is 4.90 Å². The van der Waals surface area contributed by atoms with Crippen molar-refractivity contribution in [2.24, 2.45) is 5.92 Å². The summed E-state index contributed by atoms with van der Waals surface area (Å²) in [6.07, 6.45) is 3.79. The summed E-state index contributed by atoms with van der Waals surface area (Å²) in [5, 5.41) is 3.39. The van der Waals surface area contributed by atoms with E-state index in [1.807, 2.05) is 6.07 Å². The fraction of sp³-hybridized carbons (Fsp3) is 0.625. The quantitative estimate of drug-likeness (QED) is 0.900. The van der Waals surface area contributed by atoms with Crippen LogP contribution in [0.2, 0.25) is 0 Å². The van der Waals surface area contributed by atoms with E-state index in [9.17, 15) is 4.39 Å². The van der Waals surface area contributed by atoms with E-state index in [0.29, 0.717) is 17.7 Å². The van der Waals surface area contributed by atoms with Crippen LogP contribution in [0.5, 0.6) is 5.75 Å². The highest BCUT2D eigenvalue weighted by Gasteiger charge is 2.35. The Kier molecular flexibility index (Phi) is 7.90. The molecular formula is C16H25Cl2FN2O. The number of halogens is 3. The summed E-state index contributed by atoms with van der Waals surface area (Å²) >= 11 is 0. The SMILES string of the molecule is COc1c(F)cccc1[C@@H](C1CCC1)N1CCNCC1.Cl.Cl. The van der Waals surface area contributed by atoms with Crippen LogP contribution in [0.25, 0.3) is 0 Å². The van der Waals surface area contributed by atoms with Gasteiger partial charge in [0.25, 0.3) is 0 Å². The Balaban J connectivity index is 0.00000121. The van der Waals surface area contributed by atoms with Crippen molar-refractivity contribution in [3.63, 3.8) is 0 Å². The van der Waals surface area contributed by atoms with Gasteiger partial charge in [-0.15, -0.1) is 24.8 Å². The zero-order chi connectivity index (χ0) is 13.9. The molecule has 0 aromatic heterocycles. The summed E-state index contributed by atoms with van der Waals surface area (Å²) in [4.78, 5) is 2.50. The highest BCUT2D eigenvalue weighted by Crippen LogP contribution is 2.44. The fourth-order valence-corrected chi connectivity index (χ4v) is 3.44. The van der Waals surface area contributed by atoms with E-state index < -0.39 is 0 Å². The van der Waals surface area contributed by atoms with Gasteiger partial charge in [0.15, 0.2) is 11.6 Å². The van der Waals surface area contributed by atoms with Gasteiger partial charge in [-0.25, -0.2) is 4.39 Å². The van der Waals surface area contributed by atoms with Crippen LogP contribution in [-0.4, -0.2) is 38.2 Å². The van der Waals surface area contributed by atoms with E-state index in [-0.39, 0.29) is 30.6 Å². The monoisotopic (exact) mass is 350 g/mol. The zero-order valence-corrected chi connectivity index (χ0v) is 14.5. The average Bonchev–Trinajstić information content (AvgIpc) is 2.43. The molecule has 0 radical (unpaired) electrons. The third kappa shape index (κ3) is 3.85. The lowest BCUT2D eigenvalue weighted by Gasteiger charge is -2.43. The van der Waals surface area contributed by atoms with Gasteiger partial charge in [-0.2, -0.15) is 0 Å². The molecule has 3 nitrogen and oxygen atoms in total. The third-order valence-electron chi connectivity index (χ3n) is 4.66. The first-order valence-electron chi connectivity index (χ1n) is 7.58. The maximum absolute atomic E-state index is 14.0. The molecule has 2 aliphatic rings. The van der Waals surface area contributed by atoms with Gasteiger partial charge in [0.05, 0.1) is 7.11 Å². The van der Waals surface area contributed by atoms with E-state index in [1.165, 1.54) is 25.3 Å². The molecule has 126 valence electrons. The molecule has 0 spiro atoms. The van der Waals surface area contributed by atoms with Crippen molar-refractivity contribution < 1.29 is 9.13 Å². The minimum Gasteiger partial charge on any atom is -0.493 e. The predicted octanol–water partition coefficient (Wildman–Crippen LogP) is 3.42. The topological polar surface area (TPSA) is 24.5 Å². The van der Waals surface area contributed by atoms with Crippen molar-refractivity contribution in [1.29, 1.82) is 0 Å². The lowest BCUT2D eigenvalue weighted by Crippen LogP contribution is -2.48. The van der Waals surface area contributed by atoms with Crippen molar-refractivity contribution in [2.45, 2.75) is 25.3 Å². The molecule has 1 N–H and O–H groups in total. The van der Waals surface area contributed by atoms with E-state index in [0.717, 1.165) is 31.7 Å². The Hall–Kier alpha value is -0.550. The number of nitrogens with zero attached hydrogens (tertiary/aromatic N) is 1. The molecule has 22 heavy (non-hydrogen) atoms. The first kappa shape index (κ1) is 19.5. The van der Waals surface area contributed by atoms with Gasteiger partial charge in [0.1, 0.15) is 0 Å². The van der Waals surface area contributed by atoms with Crippen LogP contribution < -0.4 is 10.1 Å². The summed E-state index contributed by atoms with van der Waals surface area (Å²) in [5.74, 6) is 0.830. The second kappa shape index (κ2) is 8.92. The molecule has 1 heterocycles. The summed E-state index contributed by atoms with van der Waals surface area (Å²) in [7, 11) is 1.57. The molecule has 6 heteroatoms. The molecule has 1 aliphatic carbocycles. The molecule has 0 unspecified atom stereocenters. The highest BCUT2D eigenvalue weighted by molar-refractivity contribution is 5.85. The Morgan fingerprint density at radius 2 is 1.91 bits per heavy atom. The molecule has 3 rings (SSSR count). The molecule has 1 aliphatic heterocycles. The molecule has 1 saturated heterocycles. The van der Waals surface area contributed by atoms with Crippen LogP contribution in [0.4, 0.5) is 4.39 Å². The van der Waals surface area contributed by atoms with Crippen LogP contribution in [0.3, 0.4) is 0 Å². The Bertz CT molecular complexity index is 465. The van der Waals surface area contributed by atoms with Crippen LogP contribution in [0.15, 0.2) is 18.2 Å². The van der Waals surface area contributed by atoms with Crippen molar-refractivity contribution >= 4 is 24.8 Å². The molecule has 1 saturated carbocycles. The number of hydrogen-bond acceptors (Lipinski definition) is 3. The maximum atomic E-state index is 14.0. The number of rotatable bonds is 4. The lowest BCUT2D eigenvalue weighted by atomic mass is 9.76. The number of ether oxygens (including phenoxy) is 1. The molecule has 1 aromatic rings. The molecular weight excluding hydrogens is 326 g/mol. The van der Waals surface area contributed by atoms with Gasteiger partial charge in [0.2, 0.25) is 0 Å². The van der Waals surface area contributed by atoms with E-state index >= 15 is 0 Å². The first-order valence-corrected chi connectivity index (χ1v) is 7.58. The number of benzene rings is 1. The standard InChI is InChI=1S/C16H23FN2O.2ClH/c1-20-16-13(6-3-7-14(16)17)15(12-4-2-5-12)19-10-8-18-9-11-19;;/h3,6-7,12,15,18H,2,4-5,8-11H2,1H3;2*1H/t15-;;/m1../s1. The highest BCUT2D eigenvalue weighted by atomic mass is 35.5. The smallest absolute Gasteiger partial charge is 0.165 e. The first-order chi connectivity index (χ1) is 9.81. The molecule has 1 atom stereocenters. The minimum atomic E-state index is -0.246. The Morgan fingerprint density at radius 3 is 2.45 bits per heavy atom. The summed E-state index contributed by atoms with van der Waals surface area (Å²) in [6, 6.07) is 5.63. The largest absolute Gasteiger partial charge is 0.493 e. The van der Waals surface area contributed by atoms with Gasteiger partial charge in [-0.05, 0) is 24.8 Å². The fourth-order valence-electron chi connectivity index (χ4n) is 3.44. The molecule has 1 aromatic carbocycles. The zero-order valence-electron chi connectivity index (χ0n) is 12.9. The number of para-hydroxylation sites is 1. The number of methoxy groups -OCH3 is 1. The van der Waals surface area contributed by atoms with Gasteiger partial charge < -0.3 is 10.1 Å². The second-order valence-corrected chi connectivity index (χ2v) is 5.78. The van der Waals surface area contributed by atoms with E-state index in [1.54, 1.807) is 13.2 Å². The van der Waals surface area contributed by atoms with Crippen molar-refractivity contribution in [2.75, 3.05) is 33.3 Å². The number of nitrogens with one attached hydrogen (secondary N) is 1. The Morgan fingerprint density at radius 1 is 1.23 bits per heavy atom. The summed E-state index contributed by atoms with van der Waals surface area (Å²) < 4.78 is 19.4. The summed E-state index contributed by atoms with van der Waals surface area (Å²) in [5.41, 5.74) is 1.03. The van der Waals surface area contributed by atoms with Crippen LogP contribution >= 0.6 is 24.8 Å². The Labute approximate surface area is 144 Å². The van der Waals surface area contributed by atoms with E-state index in [2.05, 4.69) is 10.2 Å². The maximum Gasteiger partial charge on any atom is 0.165 e. The predicted molar refractivity (Wildman–Crippen MR) is 92.0 cm³/mol. The van der Waals surface area contributed by atoms with Gasteiger partial charge >= 0.3 is 0 Å². The second-order valence-electron chi connectivity index (χ2n) is 5.78. The van der Waals surface area contributed by atoms with Gasteiger partial charge in [0, 0.05) is 37.8 Å². The van der Waals surface area contributed by atoms with Crippen LogP contribution in [0.1, 0.15) is 30.9 Å². The van der Waals surface area contributed by atoms with E-state index in [4.69, 9.17) is 4.74 Å². The third-order valence-corrected chi connectivity index (χ3v) is 4.66. The van der Waals surface area contributed by atoms with Crippen molar-refractivity contribution in [1.82, 2.24) is 10.2 Å². The van der Waals surface area contributed by atoms with Gasteiger partial charge in [-0.1, -0.05) is 18.6 Å². The minimum absolute atomic E-state index is 0. The van der Waals surface area contributed by atoms with Crippen LogP contribution in [0, 0.1) is 11.7 Å². The number of piperazine rings is 1. The van der Waals surface area contributed by atoms with Crippen molar-refractivity contribution in [3.8, 4) is 5.75 Å². The number of hydrogen-bond donors (Lipinski definition) is 1.